The summed E-state index contributed by atoms with van der Waals surface area (Å²) in [7, 11) is 1.29. The molecule has 15 heavy (non-hydrogen) atoms. The van der Waals surface area contributed by atoms with Crippen LogP contribution in [0.2, 0.25) is 0 Å². The van der Waals surface area contributed by atoms with Crippen molar-refractivity contribution < 1.29 is 18.0 Å². The Morgan fingerprint density at radius 1 is 1.53 bits per heavy atom. The van der Waals surface area contributed by atoms with Crippen LogP contribution in [0.15, 0.2) is 0 Å². The lowest BCUT2D eigenvalue weighted by molar-refractivity contribution is -0.119. The molecule has 84 valence electrons. The van der Waals surface area contributed by atoms with E-state index in [1.54, 1.807) is 6.92 Å². The standard InChI is InChI=1S/C8H9F3N2OS/c1-5-6(3-14)15-7(12-5)13(2)4-8(9,10)11/h3H,4H2,1-2H3. The molecule has 3 nitrogen and oxygen atoms in total. The molecule has 0 bridgehead atoms. The van der Waals surface area contributed by atoms with Gasteiger partial charge in [0.2, 0.25) is 0 Å². The highest BCUT2D eigenvalue weighted by Gasteiger charge is 2.30. The molecule has 0 fully saturated rings. The van der Waals surface area contributed by atoms with Gasteiger partial charge in [0.15, 0.2) is 11.4 Å². The van der Waals surface area contributed by atoms with Crippen molar-refractivity contribution in [3.05, 3.63) is 10.6 Å². The third-order valence-corrected chi connectivity index (χ3v) is 2.87. The summed E-state index contributed by atoms with van der Waals surface area (Å²) in [5.41, 5.74) is 0.457. The first-order valence-electron chi connectivity index (χ1n) is 4.04. The fourth-order valence-electron chi connectivity index (χ4n) is 1.00. The quantitative estimate of drug-likeness (QED) is 0.757. The minimum atomic E-state index is -4.27. The monoisotopic (exact) mass is 238 g/mol. The van der Waals surface area contributed by atoms with Crippen LogP contribution in [0, 0.1) is 6.92 Å². The van der Waals surface area contributed by atoms with Crippen molar-refractivity contribution in [3.63, 3.8) is 0 Å². The normalized spacial score (nSPS) is 11.5. The summed E-state index contributed by atoms with van der Waals surface area (Å²) in [6, 6.07) is 0. The highest BCUT2D eigenvalue weighted by molar-refractivity contribution is 7.17. The molecule has 0 aromatic carbocycles. The van der Waals surface area contributed by atoms with Gasteiger partial charge < -0.3 is 4.90 Å². The maximum atomic E-state index is 12.0. The van der Waals surface area contributed by atoms with Gasteiger partial charge in [0.1, 0.15) is 6.54 Å². The molecular weight excluding hydrogens is 229 g/mol. The van der Waals surface area contributed by atoms with Crippen molar-refractivity contribution in [1.29, 1.82) is 0 Å². The summed E-state index contributed by atoms with van der Waals surface area (Å²) in [4.78, 5) is 15.7. The molecule has 7 heteroatoms. The molecule has 0 atom stereocenters. The Morgan fingerprint density at radius 3 is 2.53 bits per heavy atom. The van der Waals surface area contributed by atoms with Gasteiger partial charge in [-0.05, 0) is 6.92 Å². The molecule has 1 aromatic heterocycles. The Labute approximate surface area is 88.5 Å². The Morgan fingerprint density at radius 2 is 2.13 bits per heavy atom. The van der Waals surface area contributed by atoms with Crippen molar-refractivity contribution in [2.45, 2.75) is 13.1 Å². The summed E-state index contributed by atoms with van der Waals surface area (Å²) < 4.78 is 36.1. The first-order valence-corrected chi connectivity index (χ1v) is 4.85. The number of aldehydes is 1. The number of thiazole rings is 1. The van der Waals surface area contributed by atoms with E-state index < -0.39 is 12.7 Å². The lowest BCUT2D eigenvalue weighted by atomic mass is 10.4. The number of alkyl halides is 3. The minimum Gasteiger partial charge on any atom is -0.342 e. The fraction of sp³-hybridized carbons (Fsp3) is 0.500. The molecule has 0 unspecified atom stereocenters. The van der Waals surface area contributed by atoms with Crippen LogP contribution >= 0.6 is 11.3 Å². The predicted molar refractivity (Wildman–Crippen MR) is 51.6 cm³/mol. The average molecular weight is 238 g/mol. The van der Waals surface area contributed by atoms with E-state index in [2.05, 4.69) is 4.98 Å². The number of anilines is 1. The van der Waals surface area contributed by atoms with Gasteiger partial charge in [-0.3, -0.25) is 4.79 Å². The minimum absolute atomic E-state index is 0.201. The summed E-state index contributed by atoms with van der Waals surface area (Å²) in [5.74, 6) is 0. The molecule has 0 radical (unpaired) electrons. The zero-order valence-electron chi connectivity index (χ0n) is 8.13. The second-order valence-corrected chi connectivity index (χ2v) is 4.04. The van der Waals surface area contributed by atoms with Gasteiger partial charge in [0.05, 0.1) is 10.6 Å². The Hall–Kier alpha value is -1.11. The lowest BCUT2D eigenvalue weighted by Gasteiger charge is -2.17. The summed E-state index contributed by atoms with van der Waals surface area (Å²) in [5, 5.41) is 0.201. The first-order chi connectivity index (χ1) is 6.83. The molecule has 0 aliphatic carbocycles. The number of nitrogens with zero attached hydrogens (tertiary/aromatic N) is 2. The van der Waals surface area contributed by atoms with Crippen LogP contribution in [0.3, 0.4) is 0 Å². The van der Waals surface area contributed by atoms with Gasteiger partial charge in [0, 0.05) is 7.05 Å². The largest absolute Gasteiger partial charge is 0.405 e. The van der Waals surface area contributed by atoms with Crippen molar-refractivity contribution in [2.24, 2.45) is 0 Å². The van der Waals surface area contributed by atoms with E-state index in [4.69, 9.17) is 0 Å². The molecule has 0 N–H and O–H groups in total. The van der Waals surface area contributed by atoms with Gasteiger partial charge in [-0.25, -0.2) is 4.98 Å². The van der Waals surface area contributed by atoms with Crippen LogP contribution in [-0.4, -0.2) is 31.0 Å². The number of halogens is 3. The highest BCUT2D eigenvalue weighted by Crippen LogP contribution is 2.26. The van der Waals surface area contributed by atoms with E-state index >= 15 is 0 Å². The number of aryl methyl sites for hydroxylation is 1. The van der Waals surface area contributed by atoms with E-state index in [0.717, 1.165) is 16.2 Å². The van der Waals surface area contributed by atoms with Gasteiger partial charge in [0.25, 0.3) is 0 Å². The van der Waals surface area contributed by atoms with Crippen molar-refractivity contribution in [2.75, 3.05) is 18.5 Å². The predicted octanol–water partition coefficient (Wildman–Crippen LogP) is 2.26. The lowest BCUT2D eigenvalue weighted by Crippen LogP contribution is -2.30. The molecule has 0 spiro atoms. The molecule has 0 aliphatic heterocycles. The Bertz CT molecular complexity index is 361. The maximum absolute atomic E-state index is 12.0. The van der Waals surface area contributed by atoms with Crippen LogP contribution < -0.4 is 4.90 Å². The SMILES string of the molecule is Cc1nc(N(C)CC(F)(F)F)sc1C=O. The van der Waals surface area contributed by atoms with Gasteiger partial charge >= 0.3 is 6.18 Å². The average Bonchev–Trinajstić information content (AvgIpc) is 2.43. The maximum Gasteiger partial charge on any atom is 0.405 e. The van der Waals surface area contributed by atoms with E-state index in [1.165, 1.54) is 7.05 Å². The third kappa shape index (κ3) is 3.19. The second-order valence-electron chi connectivity index (χ2n) is 3.04. The summed E-state index contributed by atoms with van der Waals surface area (Å²) in [6.07, 6.45) is -3.67. The van der Waals surface area contributed by atoms with Crippen molar-refractivity contribution >= 4 is 22.8 Å². The van der Waals surface area contributed by atoms with Gasteiger partial charge in [-0.2, -0.15) is 13.2 Å². The molecule has 0 aliphatic rings. The smallest absolute Gasteiger partial charge is 0.342 e. The number of rotatable bonds is 3. The third-order valence-electron chi connectivity index (χ3n) is 1.67. The molecule has 1 rings (SSSR count). The molecule has 0 saturated carbocycles. The molecule has 1 aromatic rings. The van der Waals surface area contributed by atoms with Crippen LogP contribution in [-0.2, 0) is 0 Å². The first kappa shape index (κ1) is 12.0. The van der Waals surface area contributed by atoms with Gasteiger partial charge in [-0.1, -0.05) is 11.3 Å². The summed E-state index contributed by atoms with van der Waals surface area (Å²) >= 11 is 0.955. The van der Waals surface area contributed by atoms with E-state index in [0.29, 0.717) is 16.9 Å². The molecular formula is C8H9F3N2OS. The van der Waals surface area contributed by atoms with Crippen LogP contribution in [0.5, 0.6) is 0 Å². The zero-order chi connectivity index (χ0) is 11.6. The van der Waals surface area contributed by atoms with E-state index in [9.17, 15) is 18.0 Å². The zero-order valence-corrected chi connectivity index (χ0v) is 8.95. The van der Waals surface area contributed by atoms with Crippen LogP contribution in [0.4, 0.5) is 18.3 Å². The number of hydrogen-bond acceptors (Lipinski definition) is 4. The summed E-state index contributed by atoms with van der Waals surface area (Å²) in [6.45, 7) is 0.517. The van der Waals surface area contributed by atoms with Crippen LogP contribution in [0.25, 0.3) is 0 Å². The van der Waals surface area contributed by atoms with E-state index in [1.807, 2.05) is 0 Å². The van der Waals surface area contributed by atoms with E-state index in [-0.39, 0.29) is 5.13 Å². The Kier molecular flexibility index (Phi) is 3.33. The number of carbonyl (C=O) groups excluding carboxylic acids is 1. The highest BCUT2D eigenvalue weighted by atomic mass is 32.1. The van der Waals surface area contributed by atoms with Crippen molar-refractivity contribution in [3.8, 4) is 0 Å². The van der Waals surface area contributed by atoms with Crippen molar-refractivity contribution in [1.82, 2.24) is 4.98 Å². The molecule has 0 amide bonds. The van der Waals surface area contributed by atoms with Crippen LogP contribution in [0.1, 0.15) is 15.4 Å². The number of aromatic nitrogens is 1. The fourth-order valence-corrected chi connectivity index (χ4v) is 1.84. The topological polar surface area (TPSA) is 33.2 Å². The number of carbonyl (C=O) groups is 1. The molecule has 0 saturated heterocycles. The van der Waals surface area contributed by atoms with Gasteiger partial charge in [-0.15, -0.1) is 0 Å². The molecule has 1 heterocycles. The Balaban J connectivity index is 2.82. The number of hydrogen-bond donors (Lipinski definition) is 0. The second kappa shape index (κ2) is 4.18.